The molecule has 1 heterocycles. The molecule has 3 rings (SSSR count). The molecule has 1 aliphatic carbocycles. The lowest BCUT2D eigenvalue weighted by atomic mass is 9.93. The number of fused-ring (bicyclic) bond motifs is 1. The van der Waals surface area contributed by atoms with Gasteiger partial charge in [-0.3, -0.25) is 4.79 Å². The summed E-state index contributed by atoms with van der Waals surface area (Å²) in [4.78, 5) is 12.4. The second-order valence-electron chi connectivity index (χ2n) is 5.69. The van der Waals surface area contributed by atoms with Crippen molar-refractivity contribution in [2.45, 2.75) is 32.2 Å². The van der Waals surface area contributed by atoms with Crippen molar-refractivity contribution in [2.24, 2.45) is 11.8 Å². The third-order valence-corrected chi connectivity index (χ3v) is 5.34. The first kappa shape index (κ1) is 13.1. The predicted molar refractivity (Wildman–Crippen MR) is 80.1 cm³/mol. The summed E-state index contributed by atoms with van der Waals surface area (Å²) >= 11 is 3.47. The van der Waals surface area contributed by atoms with Gasteiger partial charge in [-0.15, -0.1) is 0 Å². The molecule has 1 aromatic carbocycles. The molecular formula is C15H19BrN2O. The van der Waals surface area contributed by atoms with E-state index >= 15 is 0 Å². The van der Waals surface area contributed by atoms with Gasteiger partial charge in [0.05, 0.1) is 6.04 Å². The summed E-state index contributed by atoms with van der Waals surface area (Å²) in [5.41, 5.74) is 2.02. The number of benzene rings is 1. The average molecular weight is 323 g/mol. The minimum Gasteiger partial charge on any atom is -0.325 e. The van der Waals surface area contributed by atoms with Gasteiger partial charge in [-0.2, -0.15) is 0 Å². The zero-order valence-electron chi connectivity index (χ0n) is 11.1. The van der Waals surface area contributed by atoms with Crippen LogP contribution in [0.3, 0.4) is 0 Å². The maximum atomic E-state index is 12.4. The molecule has 0 aromatic heterocycles. The zero-order chi connectivity index (χ0) is 13.4. The lowest BCUT2D eigenvalue weighted by Crippen LogP contribution is -2.39. The Balaban J connectivity index is 1.69. The molecule has 3 nitrogen and oxygen atoms in total. The highest BCUT2D eigenvalue weighted by Gasteiger charge is 2.42. The Hall–Kier alpha value is -0.870. The molecule has 3 unspecified atom stereocenters. The summed E-state index contributed by atoms with van der Waals surface area (Å²) in [6.07, 6.45) is 3.74. The largest absolute Gasteiger partial charge is 0.325 e. The molecule has 1 amide bonds. The van der Waals surface area contributed by atoms with Gasteiger partial charge in [0.2, 0.25) is 5.91 Å². The Labute approximate surface area is 122 Å². The molecule has 2 aliphatic rings. The highest BCUT2D eigenvalue weighted by Crippen LogP contribution is 2.38. The van der Waals surface area contributed by atoms with Crippen molar-refractivity contribution in [1.82, 2.24) is 5.32 Å². The summed E-state index contributed by atoms with van der Waals surface area (Å²) < 4.78 is 1.07. The summed E-state index contributed by atoms with van der Waals surface area (Å²) in [5, 5.41) is 6.43. The number of carbonyl (C=O) groups is 1. The van der Waals surface area contributed by atoms with Gasteiger partial charge in [0.15, 0.2) is 0 Å². The van der Waals surface area contributed by atoms with Crippen LogP contribution in [0, 0.1) is 18.8 Å². The first-order valence-electron chi connectivity index (χ1n) is 6.95. The molecule has 2 fully saturated rings. The van der Waals surface area contributed by atoms with E-state index < -0.39 is 0 Å². The van der Waals surface area contributed by atoms with Crippen LogP contribution in [0.2, 0.25) is 0 Å². The van der Waals surface area contributed by atoms with Crippen LogP contribution >= 0.6 is 15.9 Å². The molecule has 0 spiro atoms. The van der Waals surface area contributed by atoms with E-state index in [0.29, 0.717) is 11.8 Å². The van der Waals surface area contributed by atoms with Crippen LogP contribution in [0.15, 0.2) is 22.7 Å². The molecule has 1 saturated heterocycles. The average Bonchev–Trinajstić information content (AvgIpc) is 2.95. The van der Waals surface area contributed by atoms with E-state index in [0.717, 1.165) is 22.3 Å². The van der Waals surface area contributed by atoms with E-state index in [2.05, 4.69) is 26.6 Å². The summed E-state index contributed by atoms with van der Waals surface area (Å²) in [7, 11) is 0. The fourth-order valence-corrected chi connectivity index (χ4v) is 3.66. The molecule has 4 heteroatoms. The topological polar surface area (TPSA) is 41.1 Å². The molecule has 1 aromatic rings. The molecule has 0 radical (unpaired) electrons. The van der Waals surface area contributed by atoms with Gasteiger partial charge < -0.3 is 10.6 Å². The van der Waals surface area contributed by atoms with Crippen molar-refractivity contribution in [3.8, 4) is 0 Å². The Bertz CT molecular complexity index is 503. The minimum absolute atomic E-state index is 0.00328. The molecule has 0 bridgehead atoms. The quantitative estimate of drug-likeness (QED) is 0.878. The SMILES string of the molecule is Cc1cc(NC(=O)C2NCC3CCCC32)ccc1Br. The molecule has 1 saturated carbocycles. The number of carbonyl (C=O) groups excluding carboxylic acids is 1. The summed E-state index contributed by atoms with van der Waals surface area (Å²) in [6, 6.07) is 5.92. The predicted octanol–water partition coefficient (Wildman–Crippen LogP) is 3.08. The van der Waals surface area contributed by atoms with E-state index in [1.54, 1.807) is 0 Å². The van der Waals surface area contributed by atoms with Crippen LogP contribution in [0.4, 0.5) is 5.69 Å². The second kappa shape index (κ2) is 5.25. The number of halogens is 1. The first-order chi connectivity index (χ1) is 9.15. The molecular weight excluding hydrogens is 304 g/mol. The van der Waals surface area contributed by atoms with Gasteiger partial charge in [0.1, 0.15) is 0 Å². The normalized spacial score (nSPS) is 29.3. The van der Waals surface area contributed by atoms with Crippen molar-refractivity contribution >= 4 is 27.5 Å². The van der Waals surface area contributed by atoms with Gasteiger partial charge in [-0.25, -0.2) is 0 Å². The first-order valence-corrected chi connectivity index (χ1v) is 7.75. The van der Waals surface area contributed by atoms with E-state index in [4.69, 9.17) is 0 Å². The van der Waals surface area contributed by atoms with Gasteiger partial charge in [0.25, 0.3) is 0 Å². The number of nitrogens with one attached hydrogen (secondary N) is 2. The highest BCUT2D eigenvalue weighted by molar-refractivity contribution is 9.10. The van der Waals surface area contributed by atoms with Crippen molar-refractivity contribution in [1.29, 1.82) is 0 Å². The maximum Gasteiger partial charge on any atom is 0.241 e. The molecule has 1 aliphatic heterocycles. The number of hydrogen-bond acceptors (Lipinski definition) is 2. The van der Waals surface area contributed by atoms with Crippen molar-refractivity contribution in [2.75, 3.05) is 11.9 Å². The number of rotatable bonds is 2. The monoisotopic (exact) mass is 322 g/mol. The highest BCUT2D eigenvalue weighted by atomic mass is 79.9. The number of hydrogen-bond donors (Lipinski definition) is 2. The van der Waals surface area contributed by atoms with Crippen molar-refractivity contribution < 1.29 is 4.79 Å². The van der Waals surface area contributed by atoms with E-state index in [9.17, 15) is 4.79 Å². The Morgan fingerprint density at radius 1 is 1.42 bits per heavy atom. The number of aryl methyl sites for hydroxylation is 1. The number of anilines is 1. The van der Waals surface area contributed by atoms with Crippen LogP contribution in [0.1, 0.15) is 24.8 Å². The van der Waals surface area contributed by atoms with E-state index in [1.165, 1.54) is 19.3 Å². The lowest BCUT2D eigenvalue weighted by Gasteiger charge is -2.18. The fraction of sp³-hybridized carbons (Fsp3) is 0.533. The maximum absolute atomic E-state index is 12.4. The van der Waals surface area contributed by atoms with Crippen molar-refractivity contribution in [3.63, 3.8) is 0 Å². The molecule has 3 atom stereocenters. The molecule has 2 N–H and O–H groups in total. The second-order valence-corrected chi connectivity index (χ2v) is 6.55. The molecule has 102 valence electrons. The molecule has 19 heavy (non-hydrogen) atoms. The van der Waals surface area contributed by atoms with Crippen molar-refractivity contribution in [3.05, 3.63) is 28.2 Å². The fourth-order valence-electron chi connectivity index (χ4n) is 3.42. The standard InChI is InChI=1S/C15H19BrN2O/c1-9-7-11(5-6-13(9)16)18-15(19)14-12-4-2-3-10(12)8-17-14/h5-7,10,12,14,17H,2-4,8H2,1H3,(H,18,19). The summed E-state index contributed by atoms with van der Waals surface area (Å²) in [6.45, 7) is 3.03. The Morgan fingerprint density at radius 3 is 3.05 bits per heavy atom. The third-order valence-electron chi connectivity index (χ3n) is 4.45. The smallest absolute Gasteiger partial charge is 0.241 e. The third kappa shape index (κ3) is 2.56. The zero-order valence-corrected chi connectivity index (χ0v) is 12.7. The van der Waals surface area contributed by atoms with Crippen LogP contribution in [-0.4, -0.2) is 18.5 Å². The van der Waals surface area contributed by atoms with Crippen LogP contribution < -0.4 is 10.6 Å². The Kier molecular flexibility index (Phi) is 3.63. The van der Waals surface area contributed by atoms with E-state index in [1.807, 2.05) is 25.1 Å². The van der Waals surface area contributed by atoms with Gasteiger partial charge >= 0.3 is 0 Å². The number of amides is 1. The lowest BCUT2D eigenvalue weighted by molar-refractivity contribution is -0.118. The van der Waals surface area contributed by atoms with Gasteiger partial charge in [-0.1, -0.05) is 22.4 Å². The van der Waals surface area contributed by atoms with E-state index in [-0.39, 0.29) is 11.9 Å². The minimum atomic E-state index is -0.00328. The summed E-state index contributed by atoms with van der Waals surface area (Å²) in [5.74, 6) is 1.37. The van der Waals surface area contributed by atoms with Gasteiger partial charge in [-0.05, 0) is 61.9 Å². The van der Waals surface area contributed by atoms with Crippen LogP contribution in [-0.2, 0) is 4.79 Å². The van der Waals surface area contributed by atoms with Crippen LogP contribution in [0.5, 0.6) is 0 Å². The Morgan fingerprint density at radius 2 is 2.26 bits per heavy atom. The van der Waals surface area contributed by atoms with Gasteiger partial charge in [0, 0.05) is 10.2 Å². The van der Waals surface area contributed by atoms with Crippen LogP contribution in [0.25, 0.3) is 0 Å².